The summed E-state index contributed by atoms with van der Waals surface area (Å²) in [5.74, 6) is 1.43. The minimum Gasteiger partial charge on any atom is -0.497 e. The average Bonchev–Trinajstić information content (AvgIpc) is 2.95. The van der Waals surface area contributed by atoms with Crippen LogP contribution in [0.1, 0.15) is 42.1 Å². The van der Waals surface area contributed by atoms with Crippen molar-refractivity contribution in [3.05, 3.63) is 59.2 Å². The van der Waals surface area contributed by atoms with Gasteiger partial charge in [-0.05, 0) is 73.2 Å². The fourth-order valence-electron chi connectivity index (χ4n) is 3.94. The van der Waals surface area contributed by atoms with Crippen LogP contribution in [0.15, 0.2) is 47.4 Å². The van der Waals surface area contributed by atoms with Crippen molar-refractivity contribution < 1.29 is 19.4 Å². The summed E-state index contributed by atoms with van der Waals surface area (Å²) < 4.78 is 10.0. The van der Waals surface area contributed by atoms with E-state index in [-0.39, 0.29) is 5.97 Å². The number of benzene rings is 2. The Morgan fingerprint density at radius 3 is 2.71 bits per heavy atom. The lowest BCUT2D eigenvalue weighted by Crippen LogP contribution is -2.29. The van der Waals surface area contributed by atoms with Gasteiger partial charge in [0, 0.05) is 23.7 Å². The van der Waals surface area contributed by atoms with Crippen LogP contribution in [0.5, 0.6) is 5.75 Å². The molecule has 2 aromatic carbocycles. The second kappa shape index (κ2) is 12.1. The molecule has 0 aliphatic carbocycles. The summed E-state index contributed by atoms with van der Waals surface area (Å²) in [7, 11) is 3.10. The molecule has 0 spiro atoms. The van der Waals surface area contributed by atoms with Crippen LogP contribution in [0.4, 0.5) is 0 Å². The van der Waals surface area contributed by atoms with Crippen LogP contribution in [0.3, 0.4) is 0 Å². The third kappa shape index (κ3) is 7.27. The number of rotatable bonds is 10. The lowest BCUT2D eigenvalue weighted by atomic mass is 10.0. The molecule has 0 saturated carbocycles. The average molecular weight is 444 g/mol. The van der Waals surface area contributed by atoms with E-state index in [1.807, 2.05) is 12.1 Å². The van der Waals surface area contributed by atoms with Gasteiger partial charge in [-0.1, -0.05) is 18.2 Å². The van der Waals surface area contributed by atoms with Gasteiger partial charge in [-0.15, -0.1) is 11.8 Å². The highest BCUT2D eigenvalue weighted by molar-refractivity contribution is 7.99. The number of nitrogens with zero attached hydrogens (tertiary/aromatic N) is 1. The molecule has 1 unspecified atom stereocenters. The highest BCUT2D eigenvalue weighted by atomic mass is 32.2. The fraction of sp³-hybridized carbons (Fsp3) is 0.480. The predicted molar refractivity (Wildman–Crippen MR) is 125 cm³/mol. The van der Waals surface area contributed by atoms with E-state index in [0.29, 0.717) is 13.0 Å². The number of aliphatic hydroxyl groups excluding tert-OH is 1. The Kier molecular flexibility index (Phi) is 9.25. The number of ether oxygens (including phenoxy) is 2. The number of carbonyl (C=O) groups excluding carboxylic acids is 1. The molecule has 0 aromatic heterocycles. The number of methoxy groups -OCH3 is 2. The van der Waals surface area contributed by atoms with E-state index >= 15 is 0 Å². The van der Waals surface area contributed by atoms with Gasteiger partial charge in [-0.3, -0.25) is 4.79 Å². The molecular weight excluding hydrogens is 410 g/mol. The lowest BCUT2D eigenvalue weighted by molar-refractivity contribution is -0.140. The van der Waals surface area contributed by atoms with E-state index in [2.05, 4.69) is 40.0 Å². The zero-order valence-corrected chi connectivity index (χ0v) is 19.3. The van der Waals surface area contributed by atoms with Crippen molar-refractivity contribution in [3.8, 4) is 5.75 Å². The number of esters is 1. The first-order chi connectivity index (χ1) is 15.1. The molecule has 168 valence electrons. The first-order valence-corrected chi connectivity index (χ1v) is 11.9. The quantitative estimate of drug-likeness (QED) is 0.336. The zero-order chi connectivity index (χ0) is 22.1. The van der Waals surface area contributed by atoms with Gasteiger partial charge in [0.2, 0.25) is 0 Å². The molecule has 1 atom stereocenters. The first-order valence-electron chi connectivity index (χ1n) is 10.9. The second-order valence-corrected chi connectivity index (χ2v) is 9.08. The number of aliphatic hydroxyl groups is 1. The number of aryl methyl sites for hydroxylation is 1. The molecule has 2 aromatic rings. The van der Waals surface area contributed by atoms with E-state index < -0.39 is 6.10 Å². The molecule has 1 aliphatic rings. The number of thioether (sulfide) groups is 1. The standard InChI is InChI=1S/C25H33NO4S/c1-29-21-8-11-23-20(17-21)12-15-26(18-24(23)27)14-4-3-5-19-6-9-22(10-7-19)31-16-13-25(28)30-2/h6-11,17,24,27H,3-5,12-16,18H2,1-2H3. The minimum absolute atomic E-state index is 0.162. The molecular formula is C25H33NO4S. The van der Waals surface area contributed by atoms with Gasteiger partial charge in [-0.2, -0.15) is 0 Å². The number of β-amino-alcohol motifs (C(OH)–C–C–N with tert-alkyl or cyclic N) is 1. The second-order valence-electron chi connectivity index (χ2n) is 7.91. The van der Waals surface area contributed by atoms with E-state index in [1.54, 1.807) is 18.9 Å². The molecule has 0 saturated heterocycles. The maximum Gasteiger partial charge on any atom is 0.306 e. The predicted octanol–water partition coefficient (Wildman–Crippen LogP) is 4.26. The Hall–Kier alpha value is -2.02. The van der Waals surface area contributed by atoms with Crippen molar-refractivity contribution in [2.24, 2.45) is 0 Å². The lowest BCUT2D eigenvalue weighted by Gasteiger charge is -2.22. The number of hydrogen-bond donors (Lipinski definition) is 1. The van der Waals surface area contributed by atoms with E-state index in [0.717, 1.165) is 55.8 Å². The molecule has 3 rings (SSSR count). The van der Waals surface area contributed by atoms with Crippen LogP contribution in [0.25, 0.3) is 0 Å². The summed E-state index contributed by atoms with van der Waals surface area (Å²) in [5.41, 5.74) is 3.57. The van der Waals surface area contributed by atoms with E-state index in [1.165, 1.54) is 23.1 Å². The van der Waals surface area contributed by atoms with E-state index in [9.17, 15) is 9.90 Å². The van der Waals surface area contributed by atoms with Gasteiger partial charge in [0.15, 0.2) is 0 Å². The van der Waals surface area contributed by atoms with Gasteiger partial charge in [0.25, 0.3) is 0 Å². The van der Waals surface area contributed by atoms with Gasteiger partial charge < -0.3 is 19.5 Å². The molecule has 1 heterocycles. The zero-order valence-electron chi connectivity index (χ0n) is 18.5. The topological polar surface area (TPSA) is 59.0 Å². The summed E-state index contributed by atoms with van der Waals surface area (Å²) in [4.78, 5) is 14.7. The fourth-order valence-corrected chi connectivity index (χ4v) is 4.77. The van der Waals surface area contributed by atoms with Crippen LogP contribution in [0.2, 0.25) is 0 Å². The van der Waals surface area contributed by atoms with Gasteiger partial charge in [0.1, 0.15) is 5.75 Å². The number of fused-ring (bicyclic) bond motifs is 1. The highest BCUT2D eigenvalue weighted by Gasteiger charge is 2.21. The van der Waals surface area contributed by atoms with Crippen LogP contribution in [0, 0.1) is 0 Å². The van der Waals surface area contributed by atoms with Crippen molar-refractivity contribution in [2.45, 2.75) is 43.1 Å². The Morgan fingerprint density at radius 2 is 1.97 bits per heavy atom. The van der Waals surface area contributed by atoms with Gasteiger partial charge in [-0.25, -0.2) is 0 Å². The van der Waals surface area contributed by atoms with Crippen molar-refractivity contribution in [1.29, 1.82) is 0 Å². The van der Waals surface area contributed by atoms with Crippen LogP contribution in [-0.4, -0.2) is 55.6 Å². The van der Waals surface area contributed by atoms with Crippen molar-refractivity contribution >= 4 is 17.7 Å². The number of hydrogen-bond acceptors (Lipinski definition) is 6. The Morgan fingerprint density at radius 1 is 1.16 bits per heavy atom. The summed E-state index contributed by atoms with van der Waals surface area (Å²) in [6.45, 7) is 2.66. The van der Waals surface area contributed by atoms with Crippen LogP contribution in [-0.2, 0) is 22.4 Å². The van der Waals surface area contributed by atoms with Crippen molar-refractivity contribution in [1.82, 2.24) is 4.90 Å². The van der Waals surface area contributed by atoms with Crippen molar-refractivity contribution in [2.75, 3.05) is 39.6 Å². The van der Waals surface area contributed by atoms with Gasteiger partial charge >= 0.3 is 5.97 Å². The summed E-state index contributed by atoms with van der Waals surface area (Å²) >= 11 is 1.68. The number of carbonyl (C=O) groups is 1. The Balaban J connectivity index is 1.38. The van der Waals surface area contributed by atoms with Crippen LogP contribution >= 0.6 is 11.8 Å². The molecule has 31 heavy (non-hydrogen) atoms. The third-order valence-electron chi connectivity index (χ3n) is 5.75. The third-order valence-corrected chi connectivity index (χ3v) is 6.77. The summed E-state index contributed by atoms with van der Waals surface area (Å²) in [6, 6.07) is 14.6. The van der Waals surface area contributed by atoms with Gasteiger partial charge in [0.05, 0.1) is 26.7 Å². The maximum atomic E-state index is 11.2. The molecule has 5 nitrogen and oxygen atoms in total. The van der Waals surface area contributed by atoms with E-state index in [4.69, 9.17) is 4.74 Å². The minimum atomic E-state index is -0.437. The molecule has 0 radical (unpaired) electrons. The van der Waals surface area contributed by atoms with Crippen molar-refractivity contribution in [3.63, 3.8) is 0 Å². The van der Waals surface area contributed by atoms with Crippen LogP contribution < -0.4 is 4.74 Å². The highest BCUT2D eigenvalue weighted by Crippen LogP contribution is 2.27. The molecule has 0 fully saturated rings. The smallest absolute Gasteiger partial charge is 0.306 e. The molecule has 0 bridgehead atoms. The largest absolute Gasteiger partial charge is 0.497 e. The maximum absolute atomic E-state index is 11.2. The normalized spacial score (nSPS) is 16.4. The SMILES string of the molecule is COC(=O)CCSc1ccc(CCCCN2CCc3cc(OC)ccc3C(O)C2)cc1. The molecule has 1 aliphatic heterocycles. The number of unbranched alkanes of at least 4 members (excludes halogenated alkanes) is 1. The summed E-state index contributed by atoms with van der Waals surface area (Å²) in [5, 5.41) is 10.6. The molecule has 1 N–H and O–H groups in total. The molecule has 0 amide bonds. The Labute approximate surface area is 189 Å². The molecule has 6 heteroatoms. The monoisotopic (exact) mass is 443 g/mol. The summed E-state index contributed by atoms with van der Waals surface area (Å²) in [6.07, 6.45) is 4.24. The first kappa shape index (κ1) is 23.6. The Bertz CT molecular complexity index is 840.